The summed E-state index contributed by atoms with van der Waals surface area (Å²) in [7, 11) is 0. The molecule has 1 N–H and O–H groups in total. The van der Waals surface area contributed by atoms with E-state index in [2.05, 4.69) is 24.6 Å². The third-order valence-corrected chi connectivity index (χ3v) is 4.11. The highest BCUT2D eigenvalue weighted by molar-refractivity contribution is 5.70. The minimum Gasteiger partial charge on any atom is -0.481 e. The van der Waals surface area contributed by atoms with E-state index in [-0.39, 0.29) is 6.42 Å². The number of rotatable bonds is 12. The first-order valence-electron chi connectivity index (χ1n) is 8.91. The van der Waals surface area contributed by atoms with Crippen LogP contribution in [0.25, 0.3) is 0 Å². The SMILES string of the molecule is CCCCCCCCC[n+]1cccc(CC(=O)O)c1CCC. The lowest BCUT2D eigenvalue weighted by Gasteiger charge is -2.08. The van der Waals surface area contributed by atoms with Crippen LogP contribution in [-0.4, -0.2) is 11.1 Å². The first kappa shape index (κ1) is 18.7. The normalized spacial score (nSPS) is 10.8. The Kier molecular flexibility index (Phi) is 9.52. The van der Waals surface area contributed by atoms with Crippen molar-refractivity contribution in [3.05, 3.63) is 29.6 Å². The van der Waals surface area contributed by atoms with Crippen LogP contribution in [0.3, 0.4) is 0 Å². The number of aromatic nitrogens is 1. The van der Waals surface area contributed by atoms with Gasteiger partial charge < -0.3 is 5.11 Å². The zero-order chi connectivity index (χ0) is 16.2. The molecule has 22 heavy (non-hydrogen) atoms. The third kappa shape index (κ3) is 7.06. The Morgan fingerprint density at radius 3 is 2.36 bits per heavy atom. The van der Waals surface area contributed by atoms with E-state index in [1.165, 1.54) is 50.6 Å². The van der Waals surface area contributed by atoms with Crippen molar-refractivity contribution in [2.45, 2.75) is 84.6 Å². The highest BCUT2D eigenvalue weighted by atomic mass is 16.4. The summed E-state index contributed by atoms with van der Waals surface area (Å²) in [5.41, 5.74) is 2.18. The Morgan fingerprint density at radius 2 is 1.73 bits per heavy atom. The molecule has 0 radical (unpaired) electrons. The number of hydrogen-bond donors (Lipinski definition) is 1. The molecule has 3 nitrogen and oxygen atoms in total. The summed E-state index contributed by atoms with van der Waals surface area (Å²) in [6.45, 7) is 5.40. The van der Waals surface area contributed by atoms with Gasteiger partial charge in [-0.15, -0.1) is 0 Å². The summed E-state index contributed by atoms with van der Waals surface area (Å²) < 4.78 is 2.27. The molecule has 0 atom stereocenters. The zero-order valence-corrected chi connectivity index (χ0v) is 14.3. The van der Waals surface area contributed by atoms with Gasteiger partial charge in [0.25, 0.3) is 0 Å². The first-order valence-corrected chi connectivity index (χ1v) is 8.91. The van der Waals surface area contributed by atoms with Crippen molar-refractivity contribution in [2.75, 3.05) is 0 Å². The maximum Gasteiger partial charge on any atom is 0.308 e. The van der Waals surface area contributed by atoms with Gasteiger partial charge in [0.2, 0.25) is 0 Å². The fourth-order valence-electron chi connectivity index (χ4n) is 2.95. The number of carboxylic acids is 1. The molecule has 0 saturated carbocycles. The lowest BCUT2D eigenvalue weighted by molar-refractivity contribution is -0.705. The molecule has 0 amide bonds. The van der Waals surface area contributed by atoms with E-state index in [0.717, 1.165) is 24.9 Å². The lowest BCUT2D eigenvalue weighted by Crippen LogP contribution is -2.39. The van der Waals surface area contributed by atoms with Crippen LogP contribution < -0.4 is 4.57 Å². The molecule has 1 aromatic heterocycles. The number of hydrogen-bond acceptors (Lipinski definition) is 1. The van der Waals surface area contributed by atoms with Gasteiger partial charge in [-0.2, -0.15) is 0 Å². The van der Waals surface area contributed by atoms with E-state index in [0.29, 0.717) is 0 Å². The van der Waals surface area contributed by atoms with E-state index < -0.39 is 5.97 Å². The van der Waals surface area contributed by atoms with Crippen LogP contribution in [0.5, 0.6) is 0 Å². The van der Waals surface area contributed by atoms with Crippen molar-refractivity contribution in [3.8, 4) is 0 Å². The zero-order valence-electron chi connectivity index (χ0n) is 14.3. The minimum absolute atomic E-state index is 0.132. The van der Waals surface area contributed by atoms with Gasteiger partial charge >= 0.3 is 5.97 Å². The fourth-order valence-corrected chi connectivity index (χ4v) is 2.95. The molecule has 0 aliphatic rings. The van der Waals surface area contributed by atoms with Gasteiger partial charge in [0.1, 0.15) is 6.54 Å². The number of nitrogens with zero attached hydrogens (tertiary/aromatic N) is 1. The number of aryl methyl sites for hydroxylation is 1. The molecule has 124 valence electrons. The van der Waals surface area contributed by atoms with Crippen molar-refractivity contribution in [1.29, 1.82) is 0 Å². The van der Waals surface area contributed by atoms with E-state index in [4.69, 9.17) is 5.11 Å². The largest absolute Gasteiger partial charge is 0.481 e. The van der Waals surface area contributed by atoms with E-state index in [1.807, 2.05) is 12.1 Å². The van der Waals surface area contributed by atoms with E-state index in [1.54, 1.807) is 0 Å². The molecule has 3 heteroatoms. The molecular weight excluding hydrogens is 274 g/mol. The predicted molar refractivity (Wildman–Crippen MR) is 90.0 cm³/mol. The summed E-state index contributed by atoms with van der Waals surface area (Å²) in [5, 5.41) is 9.06. The van der Waals surface area contributed by atoms with E-state index in [9.17, 15) is 4.79 Å². The van der Waals surface area contributed by atoms with Gasteiger partial charge in [0, 0.05) is 24.5 Å². The first-order chi connectivity index (χ1) is 10.7. The number of aliphatic carboxylic acids is 1. The molecule has 0 aromatic carbocycles. The molecule has 0 unspecified atom stereocenters. The van der Waals surface area contributed by atoms with E-state index >= 15 is 0 Å². The monoisotopic (exact) mass is 306 g/mol. The predicted octanol–water partition coefficient (Wildman–Crippen LogP) is 4.30. The smallest absolute Gasteiger partial charge is 0.308 e. The summed E-state index contributed by atoms with van der Waals surface area (Å²) in [4.78, 5) is 11.0. The van der Waals surface area contributed by atoms with Crippen LogP contribution in [0.4, 0.5) is 0 Å². The molecule has 0 aliphatic heterocycles. The second kappa shape index (κ2) is 11.2. The standard InChI is InChI=1S/C19H31NO2/c1-3-5-6-7-8-9-10-14-20-15-11-13-17(16-19(21)22)18(20)12-4-2/h11,13,15H,3-10,12,14,16H2,1-2H3/p+1. The van der Waals surface area contributed by atoms with Gasteiger partial charge in [0.15, 0.2) is 11.9 Å². The Balaban J connectivity index is 2.52. The Hall–Kier alpha value is -1.38. The maximum absolute atomic E-state index is 11.0. The van der Waals surface area contributed by atoms with Gasteiger partial charge in [-0.25, -0.2) is 4.57 Å². The van der Waals surface area contributed by atoms with Crippen LogP contribution in [-0.2, 0) is 24.2 Å². The molecule has 0 aliphatic carbocycles. The quantitative estimate of drug-likeness (QED) is 0.462. The summed E-state index contributed by atoms with van der Waals surface area (Å²) in [6, 6.07) is 3.94. The molecule has 1 aromatic rings. The summed E-state index contributed by atoms with van der Waals surface area (Å²) in [5.74, 6) is -0.744. The highest BCUT2D eigenvalue weighted by Gasteiger charge is 2.16. The number of carbonyl (C=O) groups is 1. The van der Waals surface area contributed by atoms with Crippen molar-refractivity contribution in [2.24, 2.45) is 0 Å². The molecule has 0 saturated heterocycles. The van der Waals surface area contributed by atoms with Crippen LogP contribution in [0.15, 0.2) is 18.3 Å². The van der Waals surface area contributed by atoms with Gasteiger partial charge in [-0.05, 0) is 18.9 Å². The van der Waals surface area contributed by atoms with Crippen molar-refractivity contribution < 1.29 is 14.5 Å². The van der Waals surface area contributed by atoms with Crippen molar-refractivity contribution in [1.82, 2.24) is 0 Å². The van der Waals surface area contributed by atoms with Crippen molar-refractivity contribution in [3.63, 3.8) is 0 Å². The Bertz CT molecular complexity index is 443. The molecule has 1 rings (SSSR count). The fraction of sp³-hybridized carbons (Fsp3) is 0.684. The van der Waals surface area contributed by atoms with Crippen LogP contribution >= 0.6 is 0 Å². The second-order valence-electron chi connectivity index (χ2n) is 6.12. The lowest BCUT2D eigenvalue weighted by atomic mass is 10.1. The third-order valence-electron chi connectivity index (χ3n) is 4.11. The minimum atomic E-state index is -0.744. The number of pyridine rings is 1. The Labute approximate surface area is 135 Å². The van der Waals surface area contributed by atoms with Crippen LogP contribution in [0.2, 0.25) is 0 Å². The molecule has 0 bridgehead atoms. The average molecular weight is 306 g/mol. The van der Waals surface area contributed by atoms with Crippen LogP contribution in [0.1, 0.15) is 76.5 Å². The highest BCUT2D eigenvalue weighted by Crippen LogP contribution is 2.10. The van der Waals surface area contributed by atoms with Crippen molar-refractivity contribution >= 4 is 5.97 Å². The maximum atomic E-state index is 11.0. The molecular formula is C19H32NO2+. The molecule has 0 spiro atoms. The number of carboxylic acid groups (broad SMARTS) is 1. The average Bonchev–Trinajstić information content (AvgIpc) is 2.48. The van der Waals surface area contributed by atoms with Gasteiger partial charge in [-0.3, -0.25) is 4.79 Å². The second-order valence-corrected chi connectivity index (χ2v) is 6.12. The van der Waals surface area contributed by atoms with Gasteiger partial charge in [0.05, 0.1) is 6.42 Å². The molecule has 1 heterocycles. The van der Waals surface area contributed by atoms with Gasteiger partial charge in [-0.1, -0.05) is 46.0 Å². The number of unbranched alkanes of at least 4 members (excludes halogenated alkanes) is 6. The topological polar surface area (TPSA) is 41.2 Å². The Morgan fingerprint density at radius 1 is 1.05 bits per heavy atom. The summed E-state index contributed by atoms with van der Waals surface area (Å²) >= 11 is 0. The molecule has 0 fully saturated rings. The summed E-state index contributed by atoms with van der Waals surface area (Å²) in [6.07, 6.45) is 13.4. The van der Waals surface area contributed by atoms with Crippen LogP contribution in [0, 0.1) is 0 Å².